The monoisotopic (exact) mass is 312 g/mol. The van der Waals surface area contributed by atoms with E-state index in [0.29, 0.717) is 12.0 Å². The van der Waals surface area contributed by atoms with Crippen molar-refractivity contribution in [3.05, 3.63) is 0 Å². The van der Waals surface area contributed by atoms with Crippen LogP contribution in [0.15, 0.2) is 4.99 Å². The molecule has 0 saturated carbocycles. The van der Waals surface area contributed by atoms with E-state index in [0.717, 1.165) is 32.1 Å². The molecule has 2 N–H and O–H groups in total. The molecule has 0 aromatic rings. The van der Waals surface area contributed by atoms with Gasteiger partial charge in [-0.3, -0.25) is 4.99 Å². The number of guanidine groups is 1. The lowest BCUT2D eigenvalue weighted by atomic mass is 10.1. The number of rotatable bonds is 9. The Balaban J connectivity index is 2.10. The van der Waals surface area contributed by atoms with Gasteiger partial charge in [0.1, 0.15) is 0 Å². The predicted molar refractivity (Wildman–Crippen MR) is 94.5 cm³/mol. The zero-order chi connectivity index (χ0) is 16.2. The molecule has 1 fully saturated rings. The Bertz CT molecular complexity index is 299. The van der Waals surface area contributed by atoms with Crippen molar-refractivity contribution in [3.8, 4) is 0 Å². The Labute approximate surface area is 136 Å². The van der Waals surface area contributed by atoms with Gasteiger partial charge in [0, 0.05) is 45.9 Å². The molecular formula is C17H36N4O. The van der Waals surface area contributed by atoms with Crippen molar-refractivity contribution in [2.75, 3.05) is 46.4 Å². The van der Waals surface area contributed by atoms with Crippen LogP contribution in [0, 0.1) is 5.92 Å². The molecule has 0 amide bonds. The molecule has 0 atom stereocenters. The first kappa shape index (κ1) is 19.2. The molecule has 5 nitrogen and oxygen atoms in total. The molecule has 1 saturated heterocycles. The fourth-order valence-corrected chi connectivity index (χ4v) is 2.71. The molecule has 1 aliphatic rings. The Morgan fingerprint density at radius 1 is 1.32 bits per heavy atom. The summed E-state index contributed by atoms with van der Waals surface area (Å²) in [6.45, 7) is 12.8. The molecule has 1 heterocycles. The molecule has 0 aliphatic carbocycles. The first-order valence-corrected chi connectivity index (χ1v) is 8.93. The van der Waals surface area contributed by atoms with E-state index in [1.165, 1.54) is 38.9 Å². The minimum Gasteiger partial charge on any atom is -0.381 e. The maximum absolute atomic E-state index is 5.59. The van der Waals surface area contributed by atoms with E-state index in [2.05, 4.69) is 41.3 Å². The number of likely N-dealkylation sites (tertiary alicyclic amines) is 1. The molecular weight excluding hydrogens is 276 g/mol. The second kappa shape index (κ2) is 11.7. The summed E-state index contributed by atoms with van der Waals surface area (Å²) in [6, 6.07) is 0.552. The van der Waals surface area contributed by atoms with E-state index in [-0.39, 0.29) is 0 Å². The van der Waals surface area contributed by atoms with Crippen molar-refractivity contribution in [1.29, 1.82) is 0 Å². The third-order valence-electron chi connectivity index (χ3n) is 3.90. The summed E-state index contributed by atoms with van der Waals surface area (Å²) in [4.78, 5) is 6.88. The van der Waals surface area contributed by atoms with E-state index in [1.54, 1.807) is 0 Å². The normalized spacial score (nSPS) is 18.0. The summed E-state index contributed by atoms with van der Waals surface area (Å²) < 4.78 is 5.59. The van der Waals surface area contributed by atoms with Gasteiger partial charge in [0.2, 0.25) is 0 Å². The fourth-order valence-electron chi connectivity index (χ4n) is 2.71. The van der Waals surface area contributed by atoms with Crippen LogP contribution in [0.5, 0.6) is 0 Å². The maximum atomic E-state index is 5.59. The minimum absolute atomic E-state index is 0.552. The molecule has 1 aliphatic heterocycles. The average Bonchev–Trinajstić information content (AvgIpc) is 2.51. The Hall–Kier alpha value is -0.810. The van der Waals surface area contributed by atoms with Gasteiger partial charge < -0.3 is 20.3 Å². The summed E-state index contributed by atoms with van der Waals surface area (Å²) in [5.74, 6) is 1.54. The van der Waals surface area contributed by atoms with E-state index in [9.17, 15) is 0 Å². The van der Waals surface area contributed by atoms with Crippen molar-refractivity contribution >= 4 is 5.96 Å². The third-order valence-corrected chi connectivity index (χ3v) is 3.90. The van der Waals surface area contributed by atoms with Gasteiger partial charge in [0.05, 0.1) is 0 Å². The number of nitrogens with zero attached hydrogens (tertiary/aromatic N) is 2. The molecule has 0 aromatic carbocycles. The van der Waals surface area contributed by atoms with Crippen LogP contribution in [0.2, 0.25) is 0 Å². The van der Waals surface area contributed by atoms with Gasteiger partial charge in [0.15, 0.2) is 5.96 Å². The van der Waals surface area contributed by atoms with E-state index in [4.69, 9.17) is 4.74 Å². The number of aliphatic imine (C=N–C) groups is 1. The van der Waals surface area contributed by atoms with Crippen molar-refractivity contribution < 1.29 is 4.74 Å². The molecule has 0 spiro atoms. The van der Waals surface area contributed by atoms with Crippen LogP contribution in [-0.2, 0) is 4.74 Å². The Kier molecular flexibility index (Phi) is 10.2. The van der Waals surface area contributed by atoms with Crippen LogP contribution in [0.1, 0.15) is 46.5 Å². The number of ether oxygens (including phenoxy) is 1. The zero-order valence-electron chi connectivity index (χ0n) is 15.0. The largest absolute Gasteiger partial charge is 0.381 e. The highest BCUT2D eigenvalue weighted by Gasteiger charge is 2.19. The molecule has 0 aromatic heterocycles. The first-order chi connectivity index (χ1) is 10.7. The van der Waals surface area contributed by atoms with Crippen molar-refractivity contribution in [3.63, 3.8) is 0 Å². The van der Waals surface area contributed by atoms with Crippen LogP contribution in [0.4, 0.5) is 0 Å². The Morgan fingerprint density at radius 2 is 2.05 bits per heavy atom. The Morgan fingerprint density at radius 3 is 2.64 bits per heavy atom. The molecule has 0 bridgehead atoms. The highest BCUT2D eigenvalue weighted by atomic mass is 16.5. The van der Waals surface area contributed by atoms with E-state index < -0.39 is 0 Å². The van der Waals surface area contributed by atoms with Gasteiger partial charge in [-0.15, -0.1) is 0 Å². The number of piperidine rings is 1. The van der Waals surface area contributed by atoms with Gasteiger partial charge in [-0.2, -0.15) is 0 Å². The summed E-state index contributed by atoms with van der Waals surface area (Å²) in [5.41, 5.74) is 0. The molecule has 5 heteroatoms. The predicted octanol–water partition coefficient (Wildman–Crippen LogP) is 2.09. The van der Waals surface area contributed by atoms with Crippen LogP contribution < -0.4 is 10.6 Å². The van der Waals surface area contributed by atoms with Gasteiger partial charge in [-0.1, -0.05) is 20.8 Å². The third kappa shape index (κ3) is 8.59. The van der Waals surface area contributed by atoms with Gasteiger partial charge in [-0.25, -0.2) is 0 Å². The summed E-state index contributed by atoms with van der Waals surface area (Å²) >= 11 is 0. The molecule has 130 valence electrons. The van der Waals surface area contributed by atoms with Crippen LogP contribution in [-0.4, -0.2) is 63.3 Å². The van der Waals surface area contributed by atoms with Gasteiger partial charge >= 0.3 is 0 Å². The topological polar surface area (TPSA) is 48.9 Å². The first-order valence-electron chi connectivity index (χ1n) is 8.93. The second-order valence-electron chi connectivity index (χ2n) is 6.58. The van der Waals surface area contributed by atoms with Crippen LogP contribution in [0.3, 0.4) is 0 Å². The highest BCUT2D eigenvalue weighted by Crippen LogP contribution is 2.10. The van der Waals surface area contributed by atoms with Crippen LogP contribution >= 0.6 is 0 Å². The quantitative estimate of drug-likeness (QED) is 0.389. The maximum Gasteiger partial charge on any atom is 0.191 e. The van der Waals surface area contributed by atoms with Crippen molar-refractivity contribution in [2.24, 2.45) is 10.9 Å². The highest BCUT2D eigenvalue weighted by molar-refractivity contribution is 5.79. The molecule has 0 unspecified atom stereocenters. The summed E-state index contributed by atoms with van der Waals surface area (Å²) in [7, 11) is 1.84. The fraction of sp³-hybridized carbons (Fsp3) is 0.941. The zero-order valence-corrected chi connectivity index (χ0v) is 15.0. The summed E-state index contributed by atoms with van der Waals surface area (Å²) in [6.07, 6.45) is 4.68. The van der Waals surface area contributed by atoms with Gasteiger partial charge in [-0.05, 0) is 38.1 Å². The lowest BCUT2D eigenvalue weighted by Crippen LogP contribution is -2.49. The lowest BCUT2D eigenvalue weighted by Gasteiger charge is -2.32. The van der Waals surface area contributed by atoms with Crippen molar-refractivity contribution in [1.82, 2.24) is 15.5 Å². The van der Waals surface area contributed by atoms with Crippen LogP contribution in [0.25, 0.3) is 0 Å². The van der Waals surface area contributed by atoms with E-state index >= 15 is 0 Å². The van der Waals surface area contributed by atoms with Gasteiger partial charge in [0.25, 0.3) is 0 Å². The smallest absolute Gasteiger partial charge is 0.191 e. The number of hydrogen-bond donors (Lipinski definition) is 2. The molecule has 1 rings (SSSR count). The lowest BCUT2D eigenvalue weighted by molar-refractivity contribution is 0.108. The number of hydrogen-bond acceptors (Lipinski definition) is 3. The summed E-state index contributed by atoms with van der Waals surface area (Å²) in [5, 5.41) is 6.94. The molecule has 22 heavy (non-hydrogen) atoms. The second-order valence-corrected chi connectivity index (χ2v) is 6.58. The number of nitrogens with one attached hydrogen (secondary N) is 2. The standard InChI is InChI=1S/C17H36N4O/c1-5-10-21-11-7-16(8-12-21)20-17(18-4)19-9-6-13-22-14-15(2)3/h15-16H,5-14H2,1-4H3,(H2,18,19,20). The average molecular weight is 313 g/mol. The van der Waals surface area contributed by atoms with E-state index in [1.807, 2.05) is 7.05 Å². The minimum atomic E-state index is 0.552. The SMILES string of the molecule is CCCN1CCC(NC(=NC)NCCCOCC(C)C)CC1. The van der Waals surface area contributed by atoms with Crippen molar-refractivity contribution in [2.45, 2.75) is 52.5 Å². The molecule has 0 radical (unpaired) electrons.